The van der Waals surface area contributed by atoms with Crippen LogP contribution in [-0.4, -0.2) is 14.9 Å². The van der Waals surface area contributed by atoms with Crippen molar-refractivity contribution in [2.45, 2.75) is 0 Å². The number of aromatic amines is 1. The number of benzene rings is 1. The van der Waals surface area contributed by atoms with Gasteiger partial charge in [0.05, 0.1) is 22.3 Å². The standard InChI is InChI=1S/C7H5N3O2.BrH.K/c11-10(12)5-1-2-6-7(3-5)9-4-8-6;;/h1-4H,(H,8,9);1H;/q;;+1/p-1. The molecule has 0 aliphatic carbocycles. The molecule has 1 heterocycles. The van der Waals surface area contributed by atoms with Gasteiger partial charge in [-0.2, -0.15) is 0 Å². The molecule has 0 aliphatic heterocycles. The zero-order chi connectivity index (χ0) is 8.55. The fraction of sp³-hybridized carbons (Fsp3) is 0. The molecule has 0 bridgehead atoms. The zero-order valence-electron chi connectivity index (χ0n) is 7.40. The first-order valence-electron chi connectivity index (χ1n) is 3.35. The fourth-order valence-electron chi connectivity index (χ4n) is 1.04. The third-order valence-electron chi connectivity index (χ3n) is 1.61. The first kappa shape index (κ1) is 14.2. The van der Waals surface area contributed by atoms with Crippen LogP contribution in [0.5, 0.6) is 0 Å². The number of H-pyrrole nitrogens is 1. The molecule has 2 aromatic rings. The molecule has 68 valence electrons. The summed E-state index contributed by atoms with van der Waals surface area (Å²) in [6.07, 6.45) is 1.51. The summed E-state index contributed by atoms with van der Waals surface area (Å²) in [4.78, 5) is 16.6. The predicted molar refractivity (Wildman–Crippen MR) is 42.7 cm³/mol. The summed E-state index contributed by atoms with van der Waals surface area (Å²) >= 11 is 0. The van der Waals surface area contributed by atoms with Gasteiger partial charge in [0.15, 0.2) is 0 Å². The molecular formula is C7H5BrKN3O2. The van der Waals surface area contributed by atoms with Crippen molar-refractivity contribution in [2.75, 3.05) is 0 Å². The Balaban J connectivity index is 0.000000845. The van der Waals surface area contributed by atoms with E-state index >= 15 is 0 Å². The van der Waals surface area contributed by atoms with Crippen LogP contribution in [0.25, 0.3) is 11.0 Å². The van der Waals surface area contributed by atoms with Crippen LogP contribution in [-0.2, 0) is 0 Å². The number of non-ortho nitro benzene ring substituents is 1. The molecule has 0 atom stereocenters. The number of imidazole rings is 1. The van der Waals surface area contributed by atoms with Crippen molar-refractivity contribution in [3.05, 3.63) is 34.6 Å². The number of halogens is 1. The molecule has 0 fully saturated rings. The maximum atomic E-state index is 10.3. The number of rotatable bonds is 1. The molecule has 0 amide bonds. The molecule has 0 spiro atoms. The topological polar surface area (TPSA) is 71.8 Å². The van der Waals surface area contributed by atoms with Gasteiger partial charge >= 0.3 is 51.4 Å². The monoisotopic (exact) mass is 281 g/mol. The molecule has 0 unspecified atom stereocenters. The quantitative estimate of drug-likeness (QED) is 0.325. The third kappa shape index (κ3) is 2.85. The molecular weight excluding hydrogens is 277 g/mol. The molecule has 1 aromatic heterocycles. The van der Waals surface area contributed by atoms with Gasteiger partial charge in [0.2, 0.25) is 0 Å². The van der Waals surface area contributed by atoms with Crippen LogP contribution < -0.4 is 68.4 Å². The van der Waals surface area contributed by atoms with Gasteiger partial charge in [0.1, 0.15) is 0 Å². The fourth-order valence-corrected chi connectivity index (χ4v) is 1.04. The predicted octanol–water partition coefficient (Wildman–Crippen LogP) is -4.52. The third-order valence-corrected chi connectivity index (χ3v) is 1.61. The second-order valence-electron chi connectivity index (χ2n) is 2.36. The first-order chi connectivity index (χ1) is 5.77. The molecule has 0 saturated heterocycles. The van der Waals surface area contributed by atoms with Crippen molar-refractivity contribution in [1.82, 2.24) is 9.97 Å². The van der Waals surface area contributed by atoms with E-state index in [1.54, 1.807) is 6.07 Å². The molecule has 14 heavy (non-hydrogen) atoms. The Morgan fingerprint density at radius 1 is 1.43 bits per heavy atom. The smallest absolute Gasteiger partial charge is 1.00 e. The number of hydrogen-bond acceptors (Lipinski definition) is 3. The Hall–Kier alpha value is 0.206. The van der Waals surface area contributed by atoms with Crippen LogP contribution in [0, 0.1) is 10.1 Å². The first-order valence-corrected chi connectivity index (χ1v) is 3.35. The Labute approximate surface area is 133 Å². The van der Waals surface area contributed by atoms with Gasteiger partial charge in [-0.1, -0.05) is 0 Å². The Kier molecular flexibility index (Phi) is 6.02. The minimum absolute atomic E-state index is 0. The van der Waals surface area contributed by atoms with E-state index in [2.05, 4.69) is 9.97 Å². The Bertz CT molecular complexity index is 445. The van der Waals surface area contributed by atoms with Gasteiger partial charge in [-0.15, -0.1) is 0 Å². The van der Waals surface area contributed by atoms with E-state index in [0.717, 1.165) is 5.52 Å². The number of nitro benzene ring substituents is 1. The van der Waals surface area contributed by atoms with Crippen LogP contribution in [0.15, 0.2) is 24.5 Å². The van der Waals surface area contributed by atoms with Gasteiger partial charge in [-0.25, -0.2) is 4.98 Å². The van der Waals surface area contributed by atoms with Crippen LogP contribution in [0.2, 0.25) is 0 Å². The van der Waals surface area contributed by atoms with E-state index in [4.69, 9.17) is 0 Å². The summed E-state index contributed by atoms with van der Waals surface area (Å²) in [7, 11) is 0. The van der Waals surface area contributed by atoms with E-state index in [9.17, 15) is 10.1 Å². The van der Waals surface area contributed by atoms with E-state index in [0.29, 0.717) is 5.52 Å². The molecule has 5 nitrogen and oxygen atoms in total. The number of fused-ring (bicyclic) bond motifs is 1. The summed E-state index contributed by atoms with van der Waals surface area (Å²) in [6.45, 7) is 0. The van der Waals surface area contributed by atoms with Crippen molar-refractivity contribution >= 4 is 16.7 Å². The van der Waals surface area contributed by atoms with Crippen LogP contribution in [0.1, 0.15) is 0 Å². The molecule has 0 saturated carbocycles. The number of nitrogens with zero attached hydrogens (tertiary/aromatic N) is 2. The van der Waals surface area contributed by atoms with Gasteiger partial charge in [-0.05, 0) is 6.07 Å². The van der Waals surface area contributed by atoms with Gasteiger partial charge < -0.3 is 22.0 Å². The van der Waals surface area contributed by atoms with E-state index in [-0.39, 0.29) is 74.1 Å². The van der Waals surface area contributed by atoms with Crippen molar-refractivity contribution < 1.29 is 73.3 Å². The van der Waals surface area contributed by atoms with Crippen LogP contribution in [0.4, 0.5) is 5.69 Å². The largest absolute Gasteiger partial charge is 1.00 e. The molecule has 7 heteroatoms. The summed E-state index contributed by atoms with van der Waals surface area (Å²) in [5, 5.41) is 10.3. The summed E-state index contributed by atoms with van der Waals surface area (Å²) in [5.41, 5.74) is 1.50. The normalized spacial score (nSPS) is 8.86. The summed E-state index contributed by atoms with van der Waals surface area (Å²) in [5.74, 6) is 0. The average molecular weight is 282 g/mol. The maximum absolute atomic E-state index is 10.3. The van der Waals surface area contributed by atoms with E-state index < -0.39 is 4.92 Å². The van der Waals surface area contributed by atoms with Crippen molar-refractivity contribution in [2.24, 2.45) is 0 Å². The SMILES string of the molecule is O=[N+]([O-])c1ccc2nc[nH]c2c1.[Br-].[K+]. The molecule has 1 N–H and O–H groups in total. The van der Waals surface area contributed by atoms with E-state index in [1.165, 1.54) is 18.5 Å². The van der Waals surface area contributed by atoms with Crippen molar-refractivity contribution in [1.29, 1.82) is 0 Å². The molecule has 2 rings (SSSR count). The summed E-state index contributed by atoms with van der Waals surface area (Å²) in [6, 6.07) is 4.51. The minimum Gasteiger partial charge on any atom is -1.00 e. The Morgan fingerprint density at radius 2 is 2.14 bits per heavy atom. The number of hydrogen-bond donors (Lipinski definition) is 1. The molecule has 0 radical (unpaired) electrons. The maximum Gasteiger partial charge on any atom is 1.00 e. The van der Waals surface area contributed by atoms with Crippen molar-refractivity contribution in [3.8, 4) is 0 Å². The van der Waals surface area contributed by atoms with Crippen LogP contribution >= 0.6 is 0 Å². The zero-order valence-corrected chi connectivity index (χ0v) is 12.1. The molecule has 1 aromatic carbocycles. The average Bonchev–Trinajstić information content (AvgIpc) is 2.49. The Morgan fingerprint density at radius 3 is 2.79 bits per heavy atom. The minimum atomic E-state index is -0.430. The number of aromatic nitrogens is 2. The van der Waals surface area contributed by atoms with Crippen molar-refractivity contribution in [3.63, 3.8) is 0 Å². The second-order valence-corrected chi connectivity index (χ2v) is 2.36. The summed E-state index contributed by atoms with van der Waals surface area (Å²) < 4.78 is 0. The number of nitro groups is 1. The molecule has 0 aliphatic rings. The van der Waals surface area contributed by atoms with Gasteiger partial charge in [-0.3, -0.25) is 10.1 Å². The van der Waals surface area contributed by atoms with E-state index in [1.807, 2.05) is 0 Å². The number of nitrogens with one attached hydrogen (secondary N) is 1. The second kappa shape index (κ2) is 5.94. The van der Waals surface area contributed by atoms with Gasteiger partial charge in [0, 0.05) is 12.1 Å². The van der Waals surface area contributed by atoms with Crippen LogP contribution in [0.3, 0.4) is 0 Å². The van der Waals surface area contributed by atoms with Gasteiger partial charge in [0.25, 0.3) is 5.69 Å².